The molecule has 1 rings (SSSR count). The van der Waals surface area contributed by atoms with Crippen LogP contribution in [-0.4, -0.2) is 47.4 Å². The van der Waals surface area contributed by atoms with Crippen molar-refractivity contribution in [3.8, 4) is 0 Å². The van der Waals surface area contributed by atoms with Gasteiger partial charge in [0.25, 0.3) is 0 Å². The first-order chi connectivity index (χ1) is 9.18. The van der Waals surface area contributed by atoms with E-state index in [9.17, 15) is 9.59 Å². The maximum absolute atomic E-state index is 12.7. The molecule has 0 radical (unpaired) electrons. The van der Waals surface area contributed by atoms with Gasteiger partial charge in [-0.2, -0.15) is 11.8 Å². The van der Waals surface area contributed by atoms with Gasteiger partial charge in [0.2, 0.25) is 11.8 Å². The molecule has 116 valence electrons. The Bertz CT molecular complexity index is 363. The van der Waals surface area contributed by atoms with Crippen molar-refractivity contribution in [3.05, 3.63) is 0 Å². The molecule has 1 fully saturated rings. The van der Waals surface area contributed by atoms with Crippen LogP contribution in [0.1, 0.15) is 41.0 Å². The predicted molar refractivity (Wildman–Crippen MR) is 84.7 cm³/mol. The van der Waals surface area contributed by atoms with Crippen molar-refractivity contribution in [1.29, 1.82) is 0 Å². The molecular weight excluding hydrogens is 272 g/mol. The maximum Gasteiger partial charge on any atom is 0.245 e. The highest BCUT2D eigenvalue weighted by atomic mass is 32.2. The molecule has 2 unspecified atom stereocenters. The molecule has 1 N–H and O–H groups in total. The second-order valence-electron chi connectivity index (χ2n) is 6.98. The van der Waals surface area contributed by atoms with Crippen LogP contribution in [0.2, 0.25) is 0 Å². The van der Waals surface area contributed by atoms with Crippen LogP contribution in [0.25, 0.3) is 0 Å². The van der Waals surface area contributed by atoms with E-state index in [1.807, 2.05) is 27.0 Å². The highest BCUT2D eigenvalue weighted by Crippen LogP contribution is 2.29. The largest absolute Gasteiger partial charge is 0.342 e. The Morgan fingerprint density at radius 1 is 1.30 bits per heavy atom. The van der Waals surface area contributed by atoms with E-state index >= 15 is 0 Å². The lowest BCUT2D eigenvalue weighted by Crippen LogP contribution is -2.67. The zero-order valence-electron chi connectivity index (χ0n) is 13.5. The first-order valence-corrected chi connectivity index (χ1v) is 8.67. The number of nitrogens with one attached hydrogen (secondary N) is 1. The first-order valence-electron chi connectivity index (χ1n) is 7.28. The van der Waals surface area contributed by atoms with Crippen LogP contribution in [0.5, 0.6) is 0 Å². The van der Waals surface area contributed by atoms with Gasteiger partial charge in [0.15, 0.2) is 0 Å². The van der Waals surface area contributed by atoms with E-state index in [0.717, 1.165) is 5.75 Å². The number of thioether (sulfide) groups is 1. The Morgan fingerprint density at radius 3 is 2.35 bits per heavy atom. The Morgan fingerprint density at radius 2 is 1.90 bits per heavy atom. The van der Waals surface area contributed by atoms with E-state index < -0.39 is 0 Å². The van der Waals surface area contributed by atoms with Crippen LogP contribution >= 0.6 is 11.8 Å². The molecule has 5 heteroatoms. The predicted octanol–water partition coefficient (Wildman–Crippen LogP) is 2.14. The smallest absolute Gasteiger partial charge is 0.245 e. The van der Waals surface area contributed by atoms with Gasteiger partial charge in [-0.25, -0.2) is 0 Å². The molecular formula is C15H28N2O2S. The lowest BCUT2D eigenvalue weighted by Gasteiger charge is -2.45. The average Bonchev–Trinajstić information content (AvgIpc) is 2.28. The van der Waals surface area contributed by atoms with Gasteiger partial charge in [-0.05, 0) is 24.0 Å². The van der Waals surface area contributed by atoms with Crippen molar-refractivity contribution in [2.45, 2.75) is 53.1 Å². The van der Waals surface area contributed by atoms with E-state index in [-0.39, 0.29) is 29.3 Å². The molecule has 1 aliphatic rings. The summed E-state index contributed by atoms with van der Waals surface area (Å²) in [5.74, 6) is 1.31. The van der Waals surface area contributed by atoms with Crippen LogP contribution in [0.3, 0.4) is 0 Å². The van der Waals surface area contributed by atoms with Gasteiger partial charge in [0, 0.05) is 12.3 Å². The SMILES string of the molecule is CSCCN1C(=O)C(CC(C)C)NC(=O)C1C(C)(C)C. The number of rotatable bonds is 5. The third kappa shape index (κ3) is 4.14. The summed E-state index contributed by atoms with van der Waals surface area (Å²) in [5, 5.41) is 2.92. The van der Waals surface area contributed by atoms with Gasteiger partial charge in [-0.15, -0.1) is 0 Å². The molecule has 1 saturated heterocycles. The van der Waals surface area contributed by atoms with Crippen LogP contribution in [-0.2, 0) is 9.59 Å². The normalized spacial score (nSPS) is 24.2. The van der Waals surface area contributed by atoms with Crippen LogP contribution < -0.4 is 5.32 Å². The van der Waals surface area contributed by atoms with Gasteiger partial charge in [-0.1, -0.05) is 34.6 Å². The van der Waals surface area contributed by atoms with E-state index in [4.69, 9.17) is 0 Å². The monoisotopic (exact) mass is 300 g/mol. The summed E-state index contributed by atoms with van der Waals surface area (Å²) in [5.41, 5.74) is -0.249. The van der Waals surface area contributed by atoms with Crippen LogP contribution in [0.4, 0.5) is 0 Å². The fraction of sp³-hybridized carbons (Fsp3) is 0.867. The first kappa shape index (κ1) is 17.3. The summed E-state index contributed by atoms with van der Waals surface area (Å²) >= 11 is 1.70. The number of carbonyl (C=O) groups excluding carboxylic acids is 2. The Kier molecular flexibility index (Phi) is 5.92. The summed E-state index contributed by atoms with van der Waals surface area (Å²) in [6.07, 6.45) is 2.73. The standard InChI is InChI=1S/C15H28N2O2S/c1-10(2)9-11-14(19)17(7-8-20-6)12(13(18)16-11)15(3,4)5/h10-12H,7-9H2,1-6H3,(H,16,18). The molecule has 0 aliphatic carbocycles. The Hall–Kier alpha value is -0.710. The van der Waals surface area contributed by atoms with Crippen molar-refractivity contribution >= 4 is 23.6 Å². The lowest BCUT2D eigenvalue weighted by molar-refractivity contribution is -0.153. The third-order valence-corrected chi connectivity index (χ3v) is 4.11. The maximum atomic E-state index is 12.7. The second-order valence-corrected chi connectivity index (χ2v) is 7.97. The second kappa shape index (κ2) is 6.83. The Labute approximate surface area is 127 Å². The zero-order valence-corrected chi connectivity index (χ0v) is 14.3. The molecule has 0 saturated carbocycles. The van der Waals surface area contributed by atoms with Gasteiger partial charge in [0.1, 0.15) is 12.1 Å². The fourth-order valence-electron chi connectivity index (χ4n) is 2.70. The summed E-state index contributed by atoms with van der Waals surface area (Å²) in [4.78, 5) is 26.9. The molecule has 0 aromatic rings. The number of piperazine rings is 1. The summed E-state index contributed by atoms with van der Waals surface area (Å²) in [6, 6.07) is -0.728. The van der Waals surface area contributed by atoms with Gasteiger partial charge < -0.3 is 10.2 Å². The fourth-order valence-corrected chi connectivity index (χ4v) is 3.08. The van der Waals surface area contributed by atoms with Crippen molar-refractivity contribution in [3.63, 3.8) is 0 Å². The molecule has 4 nitrogen and oxygen atoms in total. The van der Waals surface area contributed by atoms with Gasteiger partial charge in [0.05, 0.1) is 0 Å². The molecule has 2 atom stereocenters. The van der Waals surface area contributed by atoms with Crippen molar-refractivity contribution in [1.82, 2.24) is 10.2 Å². The topological polar surface area (TPSA) is 49.4 Å². The molecule has 0 aromatic heterocycles. The van der Waals surface area contributed by atoms with Gasteiger partial charge >= 0.3 is 0 Å². The number of nitrogens with zero attached hydrogens (tertiary/aromatic N) is 1. The minimum absolute atomic E-state index is 0.0103. The third-order valence-electron chi connectivity index (χ3n) is 3.52. The van der Waals surface area contributed by atoms with Crippen molar-refractivity contribution < 1.29 is 9.59 Å². The van der Waals surface area contributed by atoms with E-state index in [0.29, 0.717) is 18.9 Å². The van der Waals surface area contributed by atoms with E-state index in [2.05, 4.69) is 19.2 Å². The molecule has 20 heavy (non-hydrogen) atoms. The van der Waals surface area contributed by atoms with Crippen LogP contribution in [0, 0.1) is 11.3 Å². The molecule has 1 aliphatic heterocycles. The van der Waals surface area contributed by atoms with E-state index in [1.54, 1.807) is 16.7 Å². The van der Waals surface area contributed by atoms with E-state index in [1.165, 1.54) is 0 Å². The number of hydrogen-bond donors (Lipinski definition) is 1. The number of carbonyl (C=O) groups is 2. The number of amides is 2. The molecule has 2 amide bonds. The Balaban J connectivity index is 2.98. The minimum Gasteiger partial charge on any atom is -0.342 e. The van der Waals surface area contributed by atoms with Crippen LogP contribution in [0.15, 0.2) is 0 Å². The molecule has 0 bridgehead atoms. The summed E-state index contributed by atoms with van der Waals surface area (Å²) in [7, 11) is 0. The minimum atomic E-state index is -0.370. The highest BCUT2D eigenvalue weighted by molar-refractivity contribution is 7.98. The zero-order chi connectivity index (χ0) is 15.5. The molecule has 0 spiro atoms. The summed E-state index contributed by atoms with van der Waals surface area (Å²) < 4.78 is 0. The lowest BCUT2D eigenvalue weighted by atomic mass is 9.82. The summed E-state index contributed by atoms with van der Waals surface area (Å²) in [6.45, 7) is 10.8. The van der Waals surface area contributed by atoms with Crippen molar-refractivity contribution in [2.24, 2.45) is 11.3 Å². The van der Waals surface area contributed by atoms with Crippen molar-refractivity contribution in [2.75, 3.05) is 18.6 Å². The highest BCUT2D eigenvalue weighted by Gasteiger charge is 2.45. The molecule has 1 heterocycles. The number of hydrogen-bond acceptors (Lipinski definition) is 3. The quantitative estimate of drug-likeness (QED) is 0.846. The average molecular weight is 300 g/mol. The molecule has 0 aromatic carbocycles. The van der Waals surface area contributed by atoms with Gasteiger partial charge in [-0.3, -0.25) is 9.59 Å².